The molecule has 0 spiro atoms. The fourth-order valence-electron chi connectivity index (χ4n) is 0.653. The van der Waals surface area contributed by atoms with Crippen LogP contribution in [0.3, 0.4) is 0 Å². The molecule has 0 radical (unpaired) electrons. The van der Waals surface area contributed by atoms with Crippen LogP contribution in [0.5, 0.6) is 0 Å². The standard InChI is InChI=1S/C6H6Br2N2.C5H6N2/c7-4-6(8,5-10)2-1-3-9;6-4-2-1-3-5-7/h1-2,4H2;1-3H2. The Morgan fingerprint density at radius 2 is 1.35 bits per heavy atom. The largest absolute Gasteiger partial charge is 0.198 e. The zero-order valence-corrected chi connectivity index (χ0v) is 12.5. The van der Waals surface area contributed by atoms with E-state index in [-0.39, 0.29) is 0 Å². The molecule has 0 aliphatic carbocycles. The first kappa shape index (κ1) is 18.3. The van der Waals surface area contributed by atoms with Crippen molar-refractivity contribution in [3.63, 3.8) is 0 Å². The van der Waals surface area contributed by atoms with Gasteiger partial charge in [-0.2, -0.15) is 21.0 Å². The van der Waals surface area contributed by atoms with E-state index < -0.39 is 4.32 Å². The molecule has 0 aliphatic heterocycles. The molecule has 0 fully saturated rings. The van der Waals surface area contributed by atoms with Crippen LogP contribution in [0.15, 0.2) is 0 Å². The zero-order valence-electron chi connectivity index (χ0n) is 9.29. The van der Waals surface area contributed by atoms with Crippen LogP contribution in [0.4, 0.5) is 0 Å². The Morgan fingerprint density at radius 1 is 0.882 bits per heavy atom. The first-order chi connectivity index (χ1) is 8.10. The van der Waals surface area contributed by atoms with Crippen molar-refractivity contribution >= 4 is 31.9 Å². The van der Waals surface area contributed by atoms with Crippen LogP contribution in [0.2, 0.25) is 0 Å². The van der Waals surface area contributed by atoms with Gasteiger partial charge in [0.05, 0.1) is 24.3 Å². The summed E-state index contributed by atoms with van der Waals surface area (Å²) in [5.41, 5.74) is 0. The molecule has 4 nitrogen and oxygen atoms in total. The number of rotatable bonds is 5. The van der Waals surface area contributed by atoms with E-state index in [1.54, 1.807) is 0 Å². The number of unbranched alkanes of at least 4 members (excludes halogenated alkanes) is 2. The van der Waals surface area contributed by atoms with Crippen molar-refractivity contribution in [2.24, 2.45) is 0 Å². The molecule has 0 saturated carbocycles. The third-order valence-corrected chi connectivity index (χ3v) is 4.19. The van der Waals surface area contributed by atoms with E-state index in [2.05, 4.69) is 37.9 Å². The van der Waals surface area contributed by atoms with Gasteiger partial charge >= 0.3 is 0 Å². The van der Waals surface area contributed by atoms with E-state index >= 15 is 0 Å². The van der Waals surface area contributed by atoms with Crippen LogP contribution in [0, 0.1) is 45.3 Å². The van der Waals surface area contributed by atoms with Gasteiger partial charge in [-0.3, -0.25) is 0 Å². The van der Waals surface area contributed by atoms with E-state index in [4.69, 9.17) is 21.0 Å². The summed E-state index contributed by atoms with van der Waals surface area (Å²) in [4.78, 5) is 0. The van der Waals surface area contributed by atoms with Crippen molar-refractivity contribution in [3.8, 4) is 24.3 Å². The predicted molar refractivity (Wildman–Crippen MR) is 71.0 cm³/mol. The van der Waals surface area contributed by atoms with Crippen LogP contribution in [0.25, 0.3) is 0 Å². The maximum absolute atomic E-state index is 8.58. The minimum absolute atomic E-state index is 0.407. The molecule has 0 aliphatic rings. The number of nitrogens with zero attached hydrogens (tertiary/aromatic N) is 4. The Morgan fingerprint density at radius 3 is 1.65 bits per heavy atom. The predicted octanol–water partition coefficient (Wildman–Crippen LogP) is 3.55. The molecule has 1 unspecified atom stereocenters. The highest BCUT2D eigenvalue weighted by molar-refractivity contribution is 9.12. The van der Waals surface area contributed by atoms with Crippen molar-refractivity contribution in [1.29, 1.82) is 21.0 Å². The monoisotopic (exact) mass is 358 g/mol. The Hall–Kier alpha value is -1.08. The third kappa shape index (κ3) is 12.9. The van der Waals surface area contributed by atoms with E-state index in [0.29, 0.717) is 37.4 Å². The van der Waals surface area contributed by atoms with Gasteiger partial charge in [-0.25, -0.2) is 0 Å². The van der Waals surface area contributed by atoms with Crippen LogP contribution in [0.1, 0.15) is 32.1 Å². The second-order valence-electron chi connectivity index (χ2n) is 3.04. The molecule has 0 saturated heterocycles. The first-order valence-corrected chi connectivity index (χ1v) is 6.78. The minimum Gasteiger partial charge on any atom is -0.198 e. The highest BCUT2D eigenvalue weighted by Gasteiger charge is 2.23. The lowest BCUT2D eigenvalue weighted by molar-refractivity contribution is 0.752. The zero-order chi connectivity index (χ0) is 13.6. The molecular formula is C11H12Br2N4. The maximum Gasteiger partial charge on any atom is 0.123 e. The lowest BCUT2D eigenvalue weighted by atomic mass is 10.1. The normalized spacial score (nSPS) is 11.4. The lowest BCUT2D eigenvalue weighted by Gasteiger charge is -2.12. The second kappa shape index (κ2) is 13.0. The smallest absolute Gasteiger partial charge is 0.123 e. The van der Waals surface area contributed by atoms with Crippen LogP contribution in [-0.4, -0.2) is 9.65 Å². The molecule has 0 heterocycles. The Kier molecular flexibility index (Phi) is 14.0. The Bertz CT molecular complexity index is 342. The number of nitriles is 4. The van der Waals surface area contributed by atoms with Crippen LogP contribution in [-0.2, 0) is 0 Å². The van der Waals surface area contributed by atoms with Crippen molar-refractivity contribution in [3.05, 3.63) is 0 Å². The van der Waals surface area contributed by atoms with Gasteiger partial charge in [0.15, 0.2) is 0 Å². The number of hydrogen-bond acceptors (Lipinski definition) is 4. The van der Waals surface area contributed by atoms with Gasteiger partial charge < -0.3 is 0 Å². The summed E-state index contributed by atoms with van der Waals surface area (Å²) < 4.78 is -0.553. The van der Waals surface area contributed by atoms with Crippen LogP contribution < -0.4 is 0 Å². The molecule has 0 aromatic heterocycles. The van der Waals surface area contributed by atoms with E-state index in [1.807, 2.05) is 18.2 Å². The molecule has 6 heteroatoms. The number of hydrogen-bond donors (Lipinski definition) is 0. The third-order valence-electron chi connectivity index (χ3n) is 1.62. The average Bonchev–Trinajstić information content (AvgIpc) is 2.37. The Balaban J connectivity index is 0. The fourth-order valence-corrected chi connectivity index (χ4v) is 1.26. The van der Waals surface area contributed by atoms with Crippen molar-refractivity contribution in [1.82, 2.24) is 0 Å². The van der Waals surface area contributed by atoms with Gasteiger partial charge in [-0.1, -0.05) is 31.9 Å². The van der Waals surface area contributed by atoms with Gasteiger partial charge in [0.25, 0.3) is 0 Å². The van der Waals surface area contributed by atoms with Gasteiger partial charge in [0.2, 0.25) is 0 Å². The van der Waals surface area contributed by atoms with Gasteiger partial charge in [0.1, 0.15) is 4.32 Å². The molecule has 0 aromatic rings. The Labute approximate surface area is 119 Å². The summed E-state index contributed by atoms with van der Waals surface area (Å²) in [7, 11) is 0. The number of halogens is 2. The van der Waals surface area contributed by atoms with Gasteiger partial charge in [-0.15, -0.1) is 0 Å². The van der Waals surface area contributed by atoms with Gasteiger partial charge in [0, 0.05) is 24.6 Å². The molecule has 0 rings (SSSR count). The van der Waals surface area contributed by atoms with Crippen molar-refractivity contribution < 1.29 is 0 Å². The molecule has 0 N–H and O–H groups in total. The maximum atomic E-state index is 8.58. The molecule has 0 amide bonds. The number of alkyl halides is 2. The molecule has 0 bridgehead atoms. The summed E-state index contributed by atoms with van der Waals surface area (Å²) in [6.07, 6.45) is 2.70. The minimum atomic E-state index is -0.553. The topological polar surface area (TPSA) is 95.2 Å². The van der Waals surface area contributed by atoms with E-state index in [0.717, 1.165) is 0 Å². The summed E-state index contributed by atoms with van der Waals surface area (Å²) >= 11 is 6.41. The lowest BCUT2D eigenvalue weighted by Crippen LogP contribution is -2.19. The highest BCUT2D eigenvalue weighted by atomic mass is 79.9. The summed E-state index contributed by atoms with van der Waals surface area (Å²) in [6, 6.07) is 7.97. The fraction of sp³-hybridized carbons (Fsp3) is 0.636. The first-order valence-electron chi connectivity index (χ1n) is 4.87. The quantitative estimate of drug-likeness (QED) is 0.553. The van der Waals surface area contributed by atoms with E-state index in [9.17, 15) is 0 Å². The summed E-state index contributed by atoms with van der Waals surface area (Å²) in [6.45, 7) is 0. The van der Waals surface area contributed by atoms with Crippen molar-refractivity contribution in [2.45, 2.75) is 36.4 Å². The van der Waals surface area contributed by atoms with Gasteiger partial charge in [-0.05, 0) is 12.8 Å². The van der Waals surface area contributed by atoms with E-state index in [1.165, 1.54) is 0 Å². The summed E-state index contributed by atoms with van der Waals surface area (Å²) in [5, 5.41) is 33.2. The molecule has 17 heavy (non-hydrogen) atoms. The average molecular weight is 360 g/mol. The van der Waals surface area contributed by atoms with Crippen LogP contribution >= 0.6 is 31.9 Å². The molecular weight excluding hydrogens is 348 g/mol. The highest BCUT2D eigenvalue weighted by Crippen LogP contribution is 2.25. The molecule has 90 valence electrons. The second-order valence-corrected chi connectivity index (χ2v) is 5.12. The SMILES string of the molecule is N#CCCC(Br)(C#N)CBr.N#CCCCC#N. The molecule has 1 atom stereocenters. The molecule has 0 aromatic carbocycles. The van der Waals surface area contributed by atoms with Crippen molar-refractivity contribution in [2.75, 3.05) is 5.33 Å². The summed E-state index contributed by atoms with van der Waals surface area (Å²) in [5.74, 6) is 0.